The maximum absolute atomic E-state index is 7.47. The van der Waals surface area contributed by atoms with E-state index >= 15 is 0 Å². The molecule has 0 saturated carbocycles. The molecule has 12 aromatic carbocycles. The van der Waals surface area contributed by atoms with Gasteiger partial charge in [0.1, 0.15) is 42.6 Å². The molecule has 0 amide bonds. The Balaban J connectivity index is 0.000000116. The molecule has 0 fully saturated rings. The predicted octanol–water partition coefficient (Wildman–Crippen LogP) is 31.3. The van der Waals surface area contributed by atoms with Crippen LogP contribution in [0, 0.1) is 123 Å². The van der Waals surface area contributed by atoms with E-state index in [0.717, 1.165) is 112 Å². The van der Waals surface area contributed by atoms with Crippen molar-refractivity contribution in [1.29, 1.82) is 0 Å². The first-order valence-electron chi connectivity index (χ1n) is 47.2. The molecule has 4 aromatic heterocycles. The van der Waals surface area contributed by atoms with Gasteiger partial charge >= 0.3 is 0 Å². The van der Waals surface area contributed by atoms with Crippen molar-refractivity contribution < 1.29 is 8.83 Å². The van der Waals surface area contributed by atoms with E-state index < -0.39 is 0 Å². The van der Waals surface area contributed by atoms with Gasteiger partial charge in [0.05, 0.1) is 113 Å². The Morgan fingerprint density at radius 1 is 0.243 bits per heavy atom. The Morgan fingerprint density at radius 3 is 1.10 bits per heavy atom. The maximum atomic E-state index is 7.47. The van der Waals surface area contributed by atoms with Crippen molar-refractivity contribution in [3.8, 4) is 0 Å². The molecule has 0 bridgehead atoms. The molecule has 22 rings (SSSR count). The number of rotatable bonds is 6. The lowest BCUT2D eigenvalue weighted by molar-refractivity contribution is 0.648. The highest BCUT2D eigenvalue weighted by Gasteiger charge is 2.41. The highest BCUT2D eigenvalue weighted by atomic mass is 16.3. The first-order valence-corrected chi connectivity index (χ1v) is 47.2. The van der Waals surface area contributed by atoms with E-state index in [-0.39, 0.29) is 37.0 Å². The van der Waals surface area contributed by atoms with Gasteiger partial charge in [0, 0.05) is 111 Å². The Hall–Kier alpha value is -16.9. The van der Waals surface area contributed by atoms with Crippen LogP contribution >= 0.6 is 0 Å². The van der Waals surface area contributed by atoms with Gasteiger partial charge in [-0.2, -0.15) is 0 Å². The van der Waals surface area contributed by atoms with Crippen molar-refractivity contribution >= 4 is 181 Å². The Labute approximate surface area is 823 Å². The van der Waals surface area contributed by atoms with Crippen LogP contribution in [0.5, 0.6) is 0 Å². The van der Waals surface area contributed by atoms with Crippen LogP contribution in [-0.2, 0) is 0 Å². The average molecular weight is 1850 g/mol. The molecule has 0 unspecified atom stereocenters. The van der Waals surface area contributed by atoms with Gasteiger partial charge in [0.25, 0.3) is 0 Å². The number of nitrogens with zero attached hydrogens (tertiary/aromatic N) is 20. The highest BCUT2D eigenvalue weighted by Crippen LogP contribution is 2.56. The van der Waals surface area contributed by atoms with Crippen LogP contribution in [0.4, 0.5) is 136 Å². The molecule has 0 spiro atoms. The monoisotopic (exact) mass is 1840 g/mol. The second kappa shape index (κ2) is 38.0. The Morgan fingerprint density at radius 2 is 0.621 bits per heavy atom. The third kappa shape index (κ3) is 16.3. The van der Waals surface area contributed by atoms with Crippen molar-refractivity contribution in [1.82, 2.24) is 9.97 Å². The average Bonchev–Trinajstić information content (AvgIpc) is 1.57. The Kier molecular flexibility index (Phi) is 25.7. The lowest BCUT2D eigenvalue weighted by Crippen LogP contribution is -2.36. The van der Waals surface area contributed by atoms with Gasteiger partial charge in [-0.05, 0) is 295 Å². The number of anilines is 18. The zero-order chi connectivity index (χ0) is 99.7. The minimum absolute atomic E-state index is 0.103. The summed E-state index contributed by atoms with van der Waals surface area (Å²) in [6.07, 6.45) is 4.60. The summed E-state index contributed by atoms with van der Waals surface area (Å²) in [6.45, 7) is 83.1. The summed E-state index contributed by atoms with van der Waals surface area (Å²) in [5, 5.41) is 4.19. The number of hydrogen-bond acceptors (Lipinski definition) is 16. The van der Waals surface area contributed by atoms with E-state index in [2.05, 4.69) is 362 Å². The molecular weight excluding hydrogens is 1730 g/mol. The van der Waals surface area contributed by atoms with Crippen molar-refractivity contribution in [3.63, 3.8) is 0 Å². The molecule has 22 nitrogen and oxygen atoms in total. The first kappa shape index (κ1) is 94.8. The summed E-state index contributed by atoms with van der Waals surface area (Å²) in [6, 6.07) is 73.4. The summed E-state index contributed by atoms with van der Waals surface area (Å²) in [5.74, 6) is 0. The van der Waals surface area contributed by atoms with Crippen LogP contribution in [0.1, 0.15) is 108 Å². The van der Waals surface area contributed by atoms with E-state index in [1.807, 2.05) is 121 Å². The fourth-order valence-corrected chi connectivity index (χ4v) is 20.7. The van der Waals surface area contributed by atoms with Crippen LogP contribution in [0.2, 0.25) is 0 Å². The number of para-hydroxylation sites is 3. The van der Waals surface area contributed by atoms with Crippen LogP contribution in [0.3, 0.4) is 0 Å². The molecule has 10 heterocycles. The van der Waals surface area contributed by atoms with Gasteiger partial charge in [0.15, 0.2) is 28.3 Å². The lowest BCUT2D eigenvalue weighted by atomic mass is 9.97. The number of pyridine rings is 2. The molecule has 0 saturated heterocycles. The number of furan rings is 2. The number of fused-ring (bicyclic) bond motifs is 12. The van der Waals surface area contributed by atoms with Gasteiger partial charge in [-0.25, -0.2) is 39.0 Å². The van der Waals surface area contributed by atoms with Crippen LogP contribution in [0.15, 0.2) is 240 Å². The quantitative estimate of drug-likeness (QED) is 0.147. The number of hydrogen-bond donors (Lipinski definition) is 0. The molecule has 0 radical (unpaired) electrons. The number of aromatic nitrogens is 2. The van der Waals surface area contributed by atoms with E-state index in [0.29, 0.717) is 45.6 Å². The van der Waals surface area contributed by atoms with Crippen LogP contribution in [-0.4, -0.2) is 89.2 Å². The van der Waals surface area contributed by atoms with Gasteiger partial charge in [0.2, 0.25) is 22.8 Å². The largest absolute Gasteiger partial charge is 0.438 e. The first-order chi connectivity index (χ1) is 67.2. The molecule has 700 valence electrons. The summed E-state index contributed by atoms with van der Waals surface area (Å²) in [5.41, 5.74) is 42.4. The topological polar surface area (TPSA) is 117 Å². The van der Waals surface area contributed by atoms with Gasteiger partial charge < -0.3 is 67.6 Å². The van der Waals surface area contributed by atoms with Crippen LogP contribution < -0.4 is 58.8 Å². The predicted molar refractivity (Wildman–Crippen MR) is 582 cm³/mol. The number of aryl methyl sites for hydroxylation is 9. The third-order valence-electron chi connectivity index (χ3n) is 29.3. The minimum Gasteiger partial charge on any atom is -0.438 e. The zero-order valence-corrected chi connectivity index (χ0v) is 84.2. The van der Waals surface area contributed by atoms with E-state index in [1.54, 1.807) is 12.4 Å². The van der Waals surface area contributed by atoms with E-state index in [9.17, 15) is 0 Å². The zero-order valence-electron chi connectivity index (χ0n) is 84.2. The SMILES string of the molecule is [C-]#[N+]c1ccc2c(c1)N(c1c(C)cc(C)c(C)c1C)[C@@H](C)N2C.[C-]#[N+]c1ccc2c(c1)N(c1c(C)ccc(C)c1C)[C@@H](C)N2C.[C-]#[N+]c1ccc2c(c1)N(c1c(C)ccc3c1oc1ncccc13)[C@@H](C)N2C.[C-]#[N+]c1ccc2c(c1)N(c1cc3oc4ncccc4c3cc1C)[C@@H](C)N2C.[C-]#[N+]c1cccc2c1N(c1cc(C)ccc1C)[C@@H](C)N2C.[C-]#[N+]c1cccc2c1N(c1ccccc1C)[C@@H](C)N2C. The van der Waals surface area contributed by atoms with Crippen molar-refractivity contribution in [2.75, 3.05) is 101 Å². The Bertz CT molecular complexity index is 7920. The second-order valence-electron chi connectivity index (χ2n) is 37.3. The molecule has 6 atom stereocenters. The van der Waals surface area contributed by atoms with Gasteiger partial charge in [-0.3, -0.25) is 0 Å². The number of benzene rings is 12. The molecule has 6 aliphatic heterocycles. The van der Waals surface area contributed by atoms with Crippen molar-refractivity contribution in [2.45, 2.75) is 162 Å². The van der Waals surface area contributed by atoms with E-state index in [1.165, 1.54) is 89.8 Å². The highest BCUT2D eigenvalue weighted by molar-refractivity contribution is 6.11. The molecule has 140 heavy (non-hydrogen) atoms. The summed E-state index contributed by atoms with van der Waals surface area (Å²) in [4.78, 5) is 57.8. The standard InChI is InChI=1S/2C22H18N4O.C20H23N3.C19H21N3.C18H19N3.C17H17N3/c1-13-7-9-16-17-6-5-11-24-22(17)27-21(16)20(13)26-14(2)25(4)18-10-8-15(23-3)12-19(18)26;1-13-10-17-16-6-5-9-24-22(16)27-21(17)12-19(13)26-14(2)25(4)18-8-7-15(23-3)11-20(18)26;1-12-10-13(2)20(15(4)14(12)3)23-16(5)22(7)18-9-8-17(21-6)11-19(18)23;1-12-7-8-13(2)19(14(12)3)22-15(4)21(6)17-10-9-16(20-5)11-18(17)22;1-12-9-10-13(2)17(11-12)21-14(3)20(5)16-8-6-7-15(19-4)18(16)21;1-12-8-5-6-10-15(12)20-13(2)19(4)16-11-7-9-14(18-3)17(16)20/h2*5-12,14H,1-2,4H3;8-11,16H,1-5,7H3;7-11,15H,1-4,6H3;6-11,14H,1-3,5H3;5-11,13H,1-2,4H3/t2*14-;16-;15-;14-;13-/m000000/s1. The molecule has 0 N–H and O–H groups in total. The molecular formula is C118H116N20O2. The molecule has 16 aromatic rings. The summed E-state index contributed by atoms with van der Waals surface area (Å²) in [7, 11) is 12.6. The van der Waals surface area contributed by atoms with Crippen LogP contribution in [0.25, 0.3) is 73.2 Å². The third-order valence-corrected chi connectivity index (χ3v) is 29.3. The summed E-state index contributed by atoms with van der Waals surface area (Å²) >= 11 is 0. The maximum Gasteiger partial charge on any atom is 0.227 e. The molecule has 6 aliphatic rings. The van der Waals surface area contributed by atoms with Gasteiger partial charge in [-0.1, -0.05) is 109 Å². The minimum atomic E-state index is 0.103. The second-order valence-corrected chi connectivity index (χ2v) is 37.3. The smallest absolute Gasteiger partial charge is 0.227 e. The summed E-state index contributed by atoms with van der Waals surface area (Å²) < 4.78 is 12.2. The normalized spacial score (nSPS) is 16.5. The fourth-order valence-electron chi connectivity index (χ4n) is 20.7. The lowest BCUT2D eigenvalue weighted by Gasteiger charge is -2.31. The molecule has 0 aliphatic carbocycles. The van der Waals surface area contributed by atoms with Gasteiger partial charge in [-0.15, -0.1) is 0 Å². The molecule has 22 heteroatoms. The van der Waals surface area contributed by atoms with Crippen molar-refractivity contribution in [3.05, 3.63) is 366 Å². The fraction of sp³-hybridized carbons (Fsp3) is 0.254. The van der Waals surface area contributed by atoms with E-state index in [4.69, 9.17) is 48.3 Å². The van der Waals surface area contributed by atoms with Crippen molar-refractivity contribution in [2.24, 2.45) is 0 Å².